The van der Waals surface area contributed by atoms with Gasteiger partial charge in [0.2, 0.25) is 5.91 Å². The number of hydrogen-bond donors (Lipinski definition) is 2. The van der Waals surface area contributed by atoms with E-state index in [1.54, 1.807) is 0 Å². The van der Waals surface area contributed by atoms with Gasteiger partial charge in [-0.2, -0.15) is 0 Å². The molecule has 0 radical (unpaired) electrons. The first kappa shape index (κ1) is 20.0. The SMILES string of the molecule is O=C(O)CC(NC(=O)C1CCN(Cc2ccccc2)CC1)c1ccc(F)cc1. The minimum absolute atomic E-state index is 0.130. The normalized spacial score (nSPS) is 16.5. The summed E-state index contributed by atoms with van der Waals surface area (Å²) >= 11 is 0. The Hall–Kier alpha value is -2.73. The predicted molar refractivity (Wildman–Crippen MR) is 104 cm³/mol. The van der Waals surface area contributed by atoms with Crippen molar-refractivity contribution in [1.82, 2.24) is 10.2 Å². The summed E-state index contributed by atoms with van der Waals surface area (Å²) in [6.45, 7) is 2.52. The number of carboxylic acids is 1. The molecule has 2 N–H and O–H groups in total. The average molecular weight is 384 g/mol. The lowest BCUT2D eigenvalue weighted by Gasteiger charge is -2.32. The van der Waals surface area contributed by atoms with Crippen molar-refractivity contribution in [3.05, 3.63) is 71.5 Å². The first-order chi connectivity index (χ1) is 13.5. The fourth-order valence-electron chi connectivity index (χ4n) is 3.61. The van der Waals surface area contributed by atoms with Crippen molar-refractivity contribution in [2.45, 2.75) is 31.8 Å². The van der Waals surface area contributed by atoms with E-state index in [0.29, 0.717) is 5.56 Å². The van der Waals surface area contributed by atoms with Crippen LogP contribution in [0.15, 0.2) is 54.6 Å². The van der Waals surface area contributed by atoms with Crippen LogP contribution < -0.4 is 5.32 Å². The van der Waals surface area contributed by atoms with Gasteiger partial charge in [0, 0.05) is 12.5 Å². The van der Waals surface area contributed by atoms with Crippen molar-refractivity contribution >= 4 is 11.9 Å². The van der Waals surface area contributed by atoms with E-state index < -0.39 is 17.8 Å². The van der Waals surface area contributed by atoms with E-state index in [9.17, 15) is 14.0 Å². The highest BCUT2D eigenvalue weighted by atomic mass is 19.1. The van der Waals surface area contributed by atoms with Gasteiger partial charge in [0.15, 0.2) is 0 Å². The highest BCUT2D eigenvalue weighted by molar-refractivity contribution is 5.80. The van der Waals surface area contributed by atoms with Crippen LogP contribution in [0.5, 0.6) is 0 Å². The summed E-state index contributed by atoms with van der Waals surface area (Å²) in [6, 6.07) is 15.2. The first-order valence-electron chi connectivity index (χ1n) is 9.55. The van der Waals surface area contributed by atoms with E-state index in [2.05, 4.69) is 22.3 Å². The van der Waals surface area contributed by atoms with Crippen LogP contribution in [0, 0.1) is 11.7 Å². The van der Waals surface area contributed by atoms with Gasteiger partial charge < -0.3 is 10.4 Å². The molecular weight excluding hydrogens is 359 g/mol. The second-order valence-electron chi connectivity index (χ2n) is 7.25. The van der Waals surface area contributed by atoms with Crippen LogP contribution in [0.4, 0.5) is 4.39 Å². The molecule has 148 valence electrons. The number of likely N-dealkylation sites (tertiary alicyclic amines) is 1. The number of carbonyl (C=O) groups is 2. The highest BCUT2D eigenvalue weighted by Gasteiger charge is 2.27. The molecule has 3 rings (SSSR count). The van der Waals surface area contributed by atoms with Crippen molar-refractivity contribution < 1.29 is 19.1 Å². The fourth-order valence-corrected chi connectivity index (χ4v) is 3.61. The minimum atomic E-state index is -1.01. The van der Waals surface area contributed by atoms with Gasteiger partial charge >= 0.3 is 5.97 Å². The number of nitrogens with zero attached hydrogens (tertiary/aromatic N) is 1. The smallest absolute Gasteiger partial charge is 0.305 e. The van der Waals surface area contributed by atoms with Crippen LogP contribution in [0.2, 0.25) is 0 Å². The molecule has 1 amide bonds. The van der Waals surface area contributed by atoms with Crippen LogP contribution in [0.3, 0.4) is 0 Å². The zero-order valence-corrected chi connectivity index (χ0v) is 15.7. The zero-order chi connectivity index (χ0) is 19.9. The largest absolute Gasteiger partial charge is 0.481 e. The Morgan fingerprint density at radius 1 is 1.07 bits per heavy atom. The standard InChI is InChI=1S/C22H25FN2O3/c23-19-8-6-17(7-9-19)20(14-21(26)27)24-22(28)18-10-12-25(13-11-18)15-16-4-2-1-3-5-16/h1-9,18,20H,10-15H2,(H,24,28)(H,26,27). The summed E-state index contributed by atoms with van der Waals surface area (Å²) in [5.74, 6) is -1.67. The van der Waals surface area contributed by atoms with Gasteiger partial charge in [-0.3, -0.25) is 14.5 Å². The topological polar surface area (TPSA) is 69.6 Å². The number of halogens is 1. The van der Waals surface area contributed by atoms with Crippen molar-refractivity contribution in [3.8, 4) is 0 Å². The van der Waals surface area contributed by atoms with Gasteiger partial charge in [-0.1, -0.05) is 42.5 Å². The molecule has 28 heavy (non-hydrogen) atoms. The summed E-state index contributed by atoms with van der Waals surface area (Å²) < 4.78 is 13.2. The third-order valence-electron chi connectivity index (χ3n) is 5.17. The van der Waals surface area contributed by atoms with E-state index in [1.165, 1.54) is 29.8 Å². The molecule has 1 heterocycles. The van der Waals surface area contributed by atoms with Gasteiger partial charge in [0.1, 0.15) is 5.82 Å². The lowest BCUT2D eigenvalue weighted by atomic mass is 9.94. The van der Waals surface area contributed by atoms with Crippen molar-refractivity contribution in [1.29, 1.82) is 0 Å². The Morgan fingerprint density at radius 3 is 2.32 bits per heavy atom. The number of nitrogens with one attached hydrogen (secondary N) is 1. The molecule has 2 aromatic rings. The minimum Gasteiger partial charge on any atom is -0.481 e. The summed E-state index contributed by atoms with van der Waals surface area (Å²) in [5, 5.41) is 12.0. The quantitative estimate of drug-likeness (QED) is 0.768. The zero-order valence-electron chi connectivity index (χ0n) is 15.7. The molecule has 5 nitrogen and oxygen atoms in total. The van der Waals surface area contributed by atoms with Crippen LogP contribution >= 0.6 is 0 Å². The molecular formula is C22H25FN2O3. The molecule has 0 aliphatic carbocycles. The molecule has 1 unspecified atom stereocenters. The van der Waals surface area contributed by atoms with E-state index >= 15 is 0 Å². The number of amides is 1. The molecule has 0 aromatic heterocycles. The molecule has 0 spiro atoms. The highest BCUT2D eigenvalue weighted by Crippen LogP contribution is 2.23. The van der Waals surface area contributed by atoms with Crippen molar-refractivity contribution in [2.24, 2.45) is 5.92 Å². The molecule has 1 aliphatic rings. The lowest BCUT2D eigenvalue weighted by molar-refractivity contribution is -0.138. The second-order valence-corrected chi connectivity index (χ2v) is 7.25. The van der Waals surface area contributed by atoms with Gasteiger partial charge in [-0.05, 0) is 49.2 Å². The maximum atomic E-state index is 13.2. The molecule has 0 saturated carbocycles. The molecule has 1 aliphatic heterocycles. The Balaban J connectivity index is 1.55. The van der Waals surface area contributed by atoms with E-state index in [4.69, 9.17) is 5.11 Å². The number of hydrogen-bond acceptors (Lipinski definition) is 3. The second kappa shape index (κ2) is 9.46. The third kappa shape index (κ3) is 5.63. The molecule has 2 aromatic carbocycles. The Kier molecular flexibility index (Phi) is 6.76. The van der Waals surface area contributed by atoms with Crippen LogP contribution in [-0.2, 0) is 16.1 Å². The van der Waals surface area contributed by atoms with E-state index in [0.717, 1.165) is 32.5 Å². The molecule has 6 heteroatoms. The van der Waals surface area contributed by atoms with Gasteiger partial charge in [0.05, 0.1) is 12.5 Å². The van der Waals surface area contributed by atoms with Crippen LogP contribution in [0.1, 0.15) is 36.4 Å². The van der Waals surface area contributed by atoms with Gasteiger partial charge in [0.25, 0.3) is 0 Å². The molecule has 1 fully saturated rings. The van der Waals surface area contributed by atoms with Crippen LogP contribution in [0.25, 0.3) is 0 Å². The fraction of sp³-hybridized carbons (Fsp3) is 0.364. The number of carbonyl (C=O) groups excluding carboxylic acids is 1. The Labute approximate surface area is 164 Å². The number of aliphatic carboxylic acids is 1. The predicted octanol–water partition coefficient (Wildman–Crippen LogP) is 3.37. The van der Waals surface area contributed by atoms with E-state index in [-0.39, 0.29) is 18.2 Å². The third-order valence-corrected chi connectivity index (χ3v) is 5.17. The Morgan fingerprint density at radius 2 is 1.71 bits per heavy atom. The van der Waals surface area contributed by atoms with Crippen LogP contribution in [-0.4, -0.2) is 35.0 Å². The summed E-state index contributed by atoms with van der Waals surface area (Å²) in [6.07, 6.45) is 1.24. The Bertz CT molecular complexity index is 787. The number of rotatable bonds is 7. The molecule has 0 bridgehead atoms. The summed E-state index contributed by atoms with van der Waals surface area (Å²) in [7, 11) is 0. The van der Waals surface area contributed by atoms with Gasteiger partial charge in [-0.25, -0.2) is 4.39 Å². The molecule has 1 atom stereocenters. The summed E-state index contributed by atoms with van der Waals surface area (Å²) in [4.78, 5) is 26.2. The summed E-state index contributed by atoms with van der Waals surface area (Å²) in [5.41, 5.74) is 1.85. The first-order valence-corrected chi connectivity index (χ1v) is 9.55. The molecule has 1 saturated heterocycles. The average Bonchev–Trinajstić information content (AvgIpc) is 2.69. The van der Waals surface area contributed by atoms with E-state index in [1.807, 2.05) is 18.2 Å². The number of piperidine rings is 1. The van der Waals surface area contributed by atoms with Gasteiger partial charge in [-0.15, -0.1) is 0 Å². The number of benzene rings is 2. The monoisotopic (exact) mass is 384 g/mol. The van der Waals surface area contributed by atoms with Crippen molar-refractivity contribution in [2.75, 3.05) is 13.1 Å². The lowest BCUT2D eigenvalue weighted by Crippen LogP contribution is -2.41. The van der Waals surface area contributed by atoms with Crippen molar-refractivity contribution in [3.63, 3.8) is 0 Å². The maximum Gasteiger partial charge on any atom is 0.305 e. The number of carboxylic acid groups (broad SMARTS) is 1. The maximum absolute atomic E-state index is 13.2.